The van der Waals surface area contributed by atoms with Gasteiger partial charge in [-0.25, -0.2) is 0 Å². The number of nitrogens with one attached hydrogen (secondary N) is 1. The molecular weight excluding hydrogens is 262 g/mol. The van der Waals surface area contributed by atoms with Crippen molar-refractivity contribution in [2.45, 2.75) is 26.2 Å². The van der Waals surface area contributed by atoms with Crippen LogP contribution in [0.5, 0.6) is 0 Å². The third-order valence-corrected chi connectivity index (χ3v) is 3.99. The Morgan fingerprint density at radius 1 is 1.39 bits per heavy atom. The first-order valence-electron chi connectivity index (χ1n) is 6.70. The zero-order valence-electron chi connectivity index (χ0n) is 11.4. The quantitative estimate of drug-likeness (QED) is 0.681. The number of benzene rings is 1. The molecule has 0 aliphatic heterocycles. The number of hydrogen-bond donors (Lipinski definition) is 1. The van der Waals surface area contributed by atoms with Crippen molar-refractivity contribution in [2.24, 2.45) is 5.92 Å². The van der Waals surface area contributed by atoms with Gasteiger partial charge in [-0.15, -0.1) is 0 Å². The lowest BCUT2D eigenvalue weighted by Gasteiger charge is -2.17. The lowest BCUT2D eigenvalue weighted by molar-refractivity contribution is 0.446. The molecule has 3 heteroatoms. The summed E-state index contributed by atoms with van der Waals surface area (Å²) in [5, 5.41) is 4.32. The third-order valence-electron chi connectivity index (χ3n) is 3.06. The normalized spacial score (nSPS) is 12.6. The molecule has 0 saturated carbocycles. The highest BCUT2D eigenvalue weighted by Crippen LogP contribution is 2.18. The second-order valence-corrected chi connectivity index (χ2v) is 6.06. The summed E-state index contributed by atoms with van der Waals surface area (Å²) in [7, 11) is 0. The van der Waals surface area contributed by atoms with E-state index in [2.05, 4.69) is 30.6 Å². The van der Waals surface area contributed by atoms with E-state index in [0.29, 0.717) is 0 Å². The number of hydrogen-bond acceptors (Lipinski definition) is 2. The minimum absolute atomic E-state index is 0.718. The second-order valence-electron chi connectivity index (χ2n) is 4.64. The molecule has 1 aromatic rings. The van der Waals surface area contributed by atoms with Gasteiger partial charge in [0.25, 0.3) is 0 Å². The van der Waals surface area contributed by atoms with Gasteiger partial charge in [0, 0.05) is 5.02 Å². The zero-order chi connectivity index (χ0) is 13.2. The fourth-order valence-electron chi connectivity index (χ4n) is 2.14. The minimum atomic E-state index is 0.718. The van der Waals surface area contributed by atoms with E-state index >= 15 is 0 Å². The highest BCUT2D eigenvalue weighted by atomic mass is 35.5. The van der Waals surface area contributed by atoms with Crippen molar-refractivity contribution in [2.75, 3.05) is 25.1 Å². The molecule has 1 atom stereocenters. The van der Waals surface area contributed by atoms with Crippen LogP contribution >= 0.6 is 23.4 Å². The summed E-state index contributed by atoms with van der Waals surface area (Å²) in [5.41, 5.74) is 1.36. The van der Waals surface area contributed by atoms with E-state index in [0.717, 1.165) is 30.5 Å². The highest BCUT2D eigenvalue weighted by Gasteiger charge is 2.09. The Labute approximate surface area is 121 Å². The van der Waals surface area contributed by atoms with Crippen LogP contribution in [0.25, 0.3) is 0 Å². The predicted octanol–water partition coefficient (Wildman–Crippen LogP) is 4.25. The SMILES string of the molecule is CCNCC(CCCSC)Cc1cccc(Cl)c1. The minimum Gasteiger partial charge on any atom is -0.317 e. The molecule has 0 spiro atoms. The summed E-state index contributed by atoms with van der Waals surface area (Å²) in [6, 6.07) is 8.26. The van der Waals surface area contributed by atoms with E-state index in [1.165, 1.54) is 24.2 Å². The van der Waals surface area contributed by atoms with E-state index in [4.69, 9.17) is 11.6 Å². The van der Waals surface area contributed by atoms with Crippen LogP contribution in [0.1, 0.15) is 25.3 Å². The molecule has 1 rings (SSSR count). The van der Waals surface area contributed by atoms with Gasteiger partial charge in [-0.1, -0.05) is 30.7 Å². The fourth-order valence-corrected chi connectivity index (χ4v) is 2.81. The van der Waals surface area contributed by atoms with Gasteiger partial charge in [-0.05, 0) is 68.0 Å². The standard InChI is InChI=1S/C15H24ClNS/c1-3-17-12-14(7-5-9-18-2)10-13-6-4-8-15(16)11-13/h4,6,8,11,14,17H,3,5,7,9-10,12H2,1-2H3. The molecule has 0 aliphatic rings. The van der Waals surface area contributed by atoms with Crippen LogP contribution in [0.4, 0.5) is 0 Å². The largest absolute Gasteiger partial charge is 0.317 e. The third kappa shape index (κ3) is 6.67. The van der Waals surface area contributed by atoms with Gasteiger partial charge >= 0.3 is 0 Å². The molecule has 0 aromatic heterocycles. The van der Waals surface area contributed by atoms with Gasteiger partial charge in [0.15, 0.2) is 0 Å². The molecule has 0 saturated heterocycles. The maximum atomic E-state index is 6.04. The Kier molecular flexibility index (Phi) is 8.57. The first kappa shape index (κ1) is 15.9. The van der Waals surface area contributed by atoms with Crippen LogP contribution in [0.2, 0.25) is 5.02 Å². The van der Waals surface area contributed by atoms with E-state index < -0.39 is 0 Å². The molecule has 102 valence electrons. The van der Waals surface area contributed by atoms with Gasteiger partial charge in [0.1, 0.15) is 0 Å². The molecule has 1 nitrogen and oxygen atoms in total. The van der Waals surface area contributed by atoms with E-state index in [9.17, 15) is 0 Å². The lowest BCUT2D eigenvalue weighted by atomic mass is 9.95. The summed E-state index contributed by atoms with van der Waals surface area (Å²) in [6.45, 7) is 4.32. The van der Waals surface area contributed by atoms with Crippen molar-refractivity contribution in [3.8, 4) is 0 Å². The molecule has 0 bridgehead atoms. The van der Waals surface area contributed by atoms with Crippen LogP contribution in [-0.2, 0) is 6.42 Å². The summed E-state index contributed by atoms with van der Waals surface area (Å²) in [6.07, 6.45) is 5.90. The van der Waals surface area contributed by atoms with E-state index in [1.54, 1.807) is 0 Å². The highest BCUT2D eigenvalue weighted by molar-refractivity contribution is 7.98. The summed E-state index contributed by atoms with van der Waals surface area (Å²) >= 11 is 7.98. The molecular formula is C15H24ClNS. The van der Waals surface area contributed by atoms with Crippen LogP contribution in [0.15, 0.2) is 24.3 Å². The fraction of sp³-hybridized carbons (Fsp3) is 0.600. The number of halogens is 1. The molecule has 1 N–H and O–H groups in total. The number of thioether (sulfide) groups is 1. The summed E-state index contributed by atoms with van der Waals surface area (Å²) in [4.78, 5) is 0. The van der Waals surface area contributed by atoms with Crippen molar-refractivity contribution in [3.63, 3.8) is 0 Å². The van der Waals surface area contributed by atoms with E-state index in [-0.39, 0.29) is 0 Å². The maximum absolute atomic E-state index is 6.04. The van der Waals surface area contributed by atoms with Gasteiger partial charge in [-0.2, -0.15) is 11.8 Å². The average molecular weight is 286 g/mol. The van der Waals surface area contributed by atoms with Gasteiger partial charge in [-0.3, -0.25) is 0 Å². The topological polar surface area (TPSA) is 12.0 Å². The van der Waals surface area contributed by atoms with Gasteiger partial charge < -0.3 is 5.32 Å². The molecule has 18 heavy (non-hydrogen) atoms. The van der Waals surface area contributed by atoms with Gasteiger partial charge in [0.05, 0.1) is 0 Å². The second kappa shape index (κ2) is 9.71. The Balaban J connectivity index is 2.48. The maximum Gasteiger partial charge on any atom is 0.0408 e. The van der Waals surface area contributed by atoms with Crippen molar-refractivity contribution in [1.29, 1.82) is 0 Å². The Morgan fingerprint density at radius 3 is 2.89 bits per heavy atom. The molecule has 1 unspecified atom stereocenters. The van der Waals surface area contributed by atoms with Gasteiger partial charge in [0.2, 0.25) is 0 Å². The van der Waals surface area contributed by atoms with Crippen molar-refractivity contribution < 1.29 is 0 Å². The monoisotopic (exact) mass is 285 g/mol. The Hall–Kier alpha value is -0.180. The van der Waals surface area contributed by atoms with Crippen molar-refractivity contribution >= 4 is 23.4 Å². The summed E-state index contributed by atoms with van der Waals surface area (Å²) in [5.74, 6) is 1.98. The first-order valence-corrected chi connectivity index (χ1v) is 8.47. The van der Waals surface area contributed by atoms with Crippen molar-refractivity contribution in [1.82, 2.24) is 5.32 Å². The average Bonchev–Trinajstić information content (AvgIpc) is 2.36. The molecule has 0 fully saturated rings. The molecule has 1 aromatic carbocycles. The summed E-state index contributed by atoms with van der Waals surface area (Å²) < 4.78 is 0. The smallest absolute Gasteiger partial charge is 0.0408 e. The lowest BCUT2D eigenvalue weighted by Crippen LogP contribution is -2.24. The first-order chi connectivity index (χ1) is 8.76. The van der Waals surface area contributed by atoms with E-state index in [1.807, 2.05) is 23.9 Å². The molecule has 0 heterocycles. The van der Waals surface area contributed by atoms with Crippen LogP contribution in [-0.4, -0.2) is 25.1 Å². The number of rotatable bonds is 9. The predicted molar refractivity (Wildman–Crippen MR) is 84.8 cm³/mol. The van der Waals surface area contributed by atoms with Crippen LogP contribution in [0, 0.1) is 5.92 Å². The Bertz CT molecular complexity index is 330. The Morgan fingerprint density at radius 2 is 2.22 bits per heavy atom. The molecule has 0 amide bonds. The van der Waals surface area contributed by atoms with Crippen LogP contribution < -0.4 is 5.32 Å². The molecule has 0 radical (unpaired) electrons. The zero-order valence-corrected chi connectivity index (χ0v) is 13.0. The molecule has 0 aliphatic carbocycles. The van der Waals surface area contributed by atoms with Crippen molar-refractivity contribution in [3.05, 3.63) is 34.9 Å². The van der Waals surface area contributed by atoms with Crippen LogP contribution in [0.3, 0.4) is 0 Å².